The van der Waals surface area contributed by atoms with Gasteiger partial charge in [-0.05, 0) is 37.1 Å². The average Bonchev–Trinajstić information content (AvgIpc) is 2.63. The van der Waals surface area contributed by atoms with Gasteiger partial charge in [-0.3, -0.25) is 9.89 Å². The summed E-state index contributed by atoms with van der Waals surface area (Å²) in [4.78, 5) is 7.12. The van der Waals surface area contributed by atoms with E-state index in [1.54, 1.807) is 0 Å². The molecule has 5 heteroatoms. The largest absolute Gasteiger partial charge is 0.370 e. The molecule has 0 aromatic heterocycles. The zero-order valence-electron chi connectivity index (χ0n) is 14.5. The van der Waals surface area contributed by atoms with Crippen molar-refractivity contribution in [2.45, 2.75) is 31.8 Å². The number of rotatable bonds is 5. The summed E-state index contributed by atoms with van der Waals surface area (Å²) < 4.78 is 0. The minimum Gasteiger partial charge on any atom is -0.370 e. The minimum atomic E-state index is 0. The SMILES string of the molecule is I.NC(=NCC1CCCCN1Cc1ccccc1)Nc1ccccc1. The first-order valence-corrected chi connectivity index (χ1v) is 8.71. The van der Waals surface area contributed by atoms with Crippen LogP contribution in [0, 0.1) is 0 Å². The van der Waals surface area contributed by atoms with E-state index in [0.717, 1.165) is 25.3 Å². The Hall–Kier alpha value is -1.60. The number of hydrogen-bond donors (Lipinski definition) is 2. The van der Waals surface area contributed by atoms with E-state index >= 15 is 0 Å². The summed E-state index contributed by atoms with van der Waals surface area (Å²) in [6.07, 6.45) is 3.73. The van der Waals surface area contributed by atoms with Gasteiger partial charge in [-0.2, -0.15) is 0 Å². The van der Waals surface area contributed by atoms with Crippen LogP contribution in [0.2, 0.25) is 0 Å². The Morgan fingerprint density at radius 2 is 1.72 bits per heavy atom. The number of halogens is 1. The van der Waals surface area contributed by atoms with Crippen molar-refractivity contribution in [2.24, 2.45) is 10.7 Å². The lowest BCUT2D eigenvalue weighted by atomic mass is 10.0. The molecule has 0 bridgehead atoms. The van der Waals surface area contributed by atoms with Crippen LogP contribution in [0.15, 0.2) is 65.7 Å². The van der Waals surface area contributed by atoms with Crippen LogP contribution >= 0.6 is 24.0 Å². The van der Waals surface area contributed by atoms with Crippen LogP contribution in [0.5, 0.6) is 0 Å². The van der Waals surface area contributed by atoms with Gasteiger partial charge in [-0.15, -0.1) is 24.0 Å². The van der Waals surface area contributed by atoms with Gasteiger partial charge in [-0.25, -0.2) is 0 Å². The number of nitrogens with one attached hydrogen (secondary N) is 1. The van der Waals surface area contributed by atoms with E-state index in [2.05, 4.69) is 45.5 Å². The van der Waals surface area contributed by atoms with Crippen LogP contribution in [-0.4, -0.2) is 30.0 Å². The Bertz CT molecular complexity index is 645. The number of para-hydroxylation sites is 1. The average molecular weight is 450 g/mol. The van der Waals surface area contributed by atoms with Crippen LogP contribution in [0.25, 0.3) is 0 Å². The van der Waals surface area contributed by atoms with Crippen molar-refractivity contribution in [3.8, 4) is 0 Å². The van der Waals surface area contributed by atoms with Crippen LogP contribution in [0.1, 0.15) is 24.8 Å². The van der Waals surface area contributed by atoms with Gasteiger partial charge in [0.05, 0.1) is 6.54 Å². The molecule has 1 aliphatic heterocycles. The van der Waals surface area contributed by atoms with Crippen molar-refractivity contribution in [3.05, 3.63) is 66.2 Å². The molecule has 1 aliphatic rings. The highest BCUT2D eigenvalue weighted by Gasteiger charge is 2.22. The molecule has 3 rings (SSSR count). The second-order valence-electron chi connectivity index (χ2n) is 6.32. The Labute approximate surface area is 167 Å². The lowest BCUT2D eigenvalue weighted by Gasteiger charge is -2.35. The second kappa shape index (κ2) is 10.4. The summed E-state index contributed by atoms with van der Waals surface area (Å²) in [7, 11) is 0. The molecule has 134 valence electrons. The summed E-state index contributed by atoms with van der Waals surface area (Å²) in [5.74, 6) is 0.492. The highest BCUT2D eigenvalue weighted by Crippen LogP contribution is 2.20. The quantitative estimate of drug-likeness (QED) is 0.410. The predicted molar refractivity (Wildman–Crippen MR) is 116 cm³/mol. The number of nitrogens with two attached hydrogens (primary N) is 1. The monoisotopic (exact) mass is 450 g/mol. The third kappa shape index (κ3) is 6.32. The van der Waals surface area contributed by atoms with Crippen LogP contribution < -0.4 is 11.1 Å². The van der Waals surface area contributed by atoms with Gasteiger partial charge in [0.15, 0.2) is 5.96 Å². The number of hydrogen-bond acceptors (Lipinski definition) is 2. The van der Waals surface area contributed by atoms with E-state index in [9.17, 15) is 0 Å². The van der Waals surface area contributed by atoms with E-state index in [1.807, 2.05) is 30.3 Å². The maximum absolute atomic E-state index is 6.04. The Morgan fingerprint density at radius 3 is 2.44 bits per heavy atom. The molecule has 0 radical (unpaired) electrons. The van der Waals surface area contributed by atoms with Crippen molar-refractivity contribution in [3.63, 3.8) is 0 Å². The molecular weight excluding hydrogens is 423 g/mol. The van der Waals surface area contributed by atoms with Gasteiger partial charge in [-0.1, -0.05) is 55.0 Å². The molecule has 25 heavy (non-hydrogen) atoms. The number of piperidine rings is 1. The molecule has 3 N–H and O–H groups in total. The highest BCUT2D eigenvalue weighted by atomic mass is 127. The first kappa shape index (κ1) is 19.7. The summed E-state index contributed by atoms with van der Waals surface area (Å²) >= 11 is 0. The molecule has 0 aliphatic carbocycles. The zero-order valence-corrected chi connectivity index (χ0v) is 16.8. The van der Waals surface area contributed by atoms with Crippen LogP contribution in [0.4, 0.5) is 5.69 Å². The zero-order chi connectivity index (χ0) is 16.6. The number of nitrogens with zero attached hydrogens (tertiary/aromatic N) is 2. The number of aliphatic imine (C=N–C) groups is 1. The molecule has 2 aromatic carbocycles. The molecule has 1 atom stereocenters. The van der Waals surface area contributed by atoms with E-state index in [-0.39, 0.29) is 24.0 Å². The van der Waals surface area contributed by atoms with Gasteiger partial charge in [0.1, 0.15) is 0 Å². The number of benzene rings is 2. The van der Waals surface area contributed by atoms with Crippen molar-refractivity contribution in [2.75, 3.05) is 18.4 Å². The molecular formula is C20H27IN4. The van der Waals surface area contributed by atoms with Gasteiger partial charge < -0.3 is 11.1 Å². The summed E-state index contributed by atoms with van der Waals surface area (Å²) in [6, 6.07) is 21.1. The summed E-state index contributed by atoms with van der Waals surface area (Å²) in [5.41, 5.74) is 8.38. The van der Waals surface area contributed by atoms with Crippen molar-refractivity contribution in [1.82, 2.24) is 4.90 Å². The highest BCUT2D eigenvalue weighted by molar-refractivity contribution is 14.0. The van der Waals surface area contributed by atoms with E-state index < -0.39 is 0 Å². The Kier molecular flexibility index (Phi) is 8.21. The van der Waals surface area contributed by atoms with Crippen molar-refractivity contribution < 1.29 is 0 Å². The Balaban J connectivity index is 0.00000225. The lowest BCUT2D eigenvalue weighted by molar-refractivity contribution is 0.145. The molecule has 0 amide bonds. The van der Waals surface area contributed by atoms with E-state index in [4.69, 9.17) is 5.73 Å². The number of guanidine groups is 1. The predicted octanol–water partition coefficient (Wildman–Crippen LogP) is 4.09. The fraction of sp³-hybridized carbons (Fsp3) is 0.350. The Morgan fingerprint density at radius 1 is 1.04 bits per heavy atom. The van der Waals surface area contributed by atoms with Gasteiger partial charge in [0.25, 0.3) is 0 Å². The van der Waals surface area contributed by atoms with E-state index in [1.165, 1.54) is 24.8 Å². The third-order valence-corrected chi connectivity index (χ3v) is 4.50. The van der Waals surface area contributed by atoms with Crippen molar-refractivity contribution in [1.29, 1.82) is 0 Å². The summed E-state index contributed by atoms with van der Waals surface area (Å²) in [6.45, 7) is 2.88. The normalized spacial score (nSPS) is 18.4. The van der Waals surface area contributed by atoms with E-state index in [0.29, 0.717) is 12.0 Å². The third-order valence-electron chi connectivity index (χ3n) is 4.50. The van der Waals surface area contributed by atoms with Gasteiger partial charge >= 0.3 is 0 Å². The minimum absolute atomic E-state index is 0. The van der Waals surface area contributed by atoms with Crippen LogP contribution in [0.3, 0.4) is 0 Å². The van der Waals surface area contributed by atoms with Gasteiger partial charge in [0.2, 0.25) is 0 Å². The molecule has 4 nitrogen and oxygen atoms in total. The second-order valence-corrected chi connectivity index (χ2v) is 6.32. The first-order valence-electron chi connectivity index (χ1n) is 8.71. The lowest BCUT2D eigenvalue weighted by Crippen LogP contribution is -2.41. The maximum atomic E-state index is 6.04. The number of anilines is 1. The number of likely N-dealkylation sites (tertiary alicyclic amines) is 1. The van der Waals surface area contributed by atoms with Crippen molar-refractivity contribution >= 4 is 35.6 Å². The fourth-order valence-corrected chi connectivity index (χ4v) is 3.21. The molecule has 0 spiro atoms. The van der Waals surface area contributed by atoms with Gasteiger partial charge in [0, 0.05) is 18.3 Å². The smallest absolute Gasteiger partial charge is 0.193 e. The fourth-order valence-electron chi connectivity index (χ4n) is 3.21. The molecule has 1 saturated heterocycles. The van der Waals surface area contributed by atoms with Crippen LogP contribution in [-0.2, 0) is 6.54 Å². The standard InChI is InChI=1S/C20H26N4.HI/c21-20(23-18-11-5-2-6-12-18)22-15-19-13-7-8-14-24(19)16-17-9-3-1-4-10-17;/h1-6,9-12,19H,7-8,13-16H2,(H3,21,22,23);1H. The first-order chi connectivity index (χ1) is 11.8. The molecule has 0 saturated carbocycles. The summed E-state index contributed by atoms with van der Waals surface area (Å²) in [5, 5.41) is 3.16. The topological polar surface area (TPSA) is 53.6 Å². The molecule has 1 heterocycles. The molecule has 1 fully saturated rings. The molecule has 2 aromatic rings. The molecule has 1 unspecified atom stereocenters. The maximum Gasteiger partial charge on any atom is 0.193 e.